The number of hydrogen-bond donors (Lipinski definition) is 2. The maximum Gasteiger partial charge on any atom is 0.408 e. The van der Waals surface area contributed by atoms with Crippen molar-refractivity contribution in [2.45, 2.75) is 61.4 Å². The summed E-state index contributed by atoms with van der Waals surface area (Å²) in [6.07, 6.45) is 0.671. The van der Waals surface area contributed by atoms with E-state index in [1.54, 1.807) is 18.2 Å². The summed E-state index contributed by atoms with van der Waals surface area (Å²) in [5.74, 6) is -1.28. The van der Waals surface area contributed by atoms with Crippen LogP contribution in [-0.4, -0.2) is 32.6 Å². The Bertz CT molecular complexity index is 667. The number of carboxylic acid groups (broad SMARTS) is 1. The number of aliphatic carboxylic acids is 1. The normalized spacial score (nSPS) is 13.1. The third kappa shape index (κ3) is 6.74. The van der Waals surface area contributed by atoms with E-state index in [2.05, 4.69) is 5.32 Å². The Morgan fingerprint density at radius 1 is 1.11 bits per heavy atom. The van der Waals surface area contributed by atoms with Crippen LogP contribution in [0, 0.1) is 0 Å². The molecule has 0 bridgehead atoms. The first kappa shape index (κ1) is 25.4. The van der Waals surface area contributed by atoms with Gasteiger partial charge >= 0.3 is 12.1 Å². The van der Waals surface area contributed by atoms with E-state index in [1.165, 1.54) is 0 Å². The van der Waals surface area contributed by atoms with Crippen molar-refractivity contribution in [2.24, 2.45) is 0 Å². The minimum Gasteiger partial charge on any atom is -0.480 e. The molecule has 0 aliphatic rings. The number of alkyl carbamates (subject to hydrolysis) is 1. The molecule has 0 fully saturated rings. The molecule has 0 unspecified atom stereocenters. The number of amides is 1. The van der Waals surface area contributed by atoms with E-state index in [0.717, 1.165) is 0 Å². The van der Waals surface area contributed by atoms with Crippen LogP contribution in [0.3, 0.4) is 0 Å². The summed E-state index contributed by atoms with van der Waals surface area (Å²) >= 11 is 30.5. The Balaban J connectivity index is 3.03. The minimum absolute atomic E-state index is 0.134. The highest BCUT2D eigenvalue weighted by Crippen LogP contribution is 2.46. The summed E-state index contributed by atoms with van der Waals surface area (Å²) in [5, 5.41) is 12.4. The number of carbonyl (C=O) groups is 2. The van der Waals surface area contributed by atoms with Crippen molar-refractivity contribution < 1.29 is 19.4 Å². The minimum atomic E-state index is -1.87. The molecular weight excluding hydrogens is 471 g/mol. The highest BCUT2D eigenvalue weighted by atomic mass is 35.6. The van der Waals surface area contributed by atoms with E-state index >= 15 is 0 Å². The fraction of sp³-hybridized carbons (Fsp3) is 0.556. The van der Waals surface area contributed by atoms with Gasteiger partial charge in [-0.3, -0.25) is 0 Å². The Hall–Kier alpha value is -0.590. The zero-order valence-electron chi connectivity index (χ0n) is 15.4. The van der Waals surface area contributed by atoms with Crippen LogP contribution in [0.4, 0.5) is 4.79 Å². The second-order valence-corrected chi connectivity index (χ2v) is 9.42. The highest BCUT2D eigenvalue weighted by Gasteiger charge is 2.51. The molecular formula is C18H22Cl5NO4. The van der Waals surface area contributed by atoms with Gasteiger partial charge in [-0.1, -0.05) is 90.8 Å². The smallest absolute Gasteiger partial charge is 0.408 e. The van der Waals surface area contributed by atoms with E-state index < -0.39 is 27.5 Å². The summed E-state index contributed by atoms with van der Waals surface area (Å²) in [4.78, 5) is 24.1. The van der Waals surface area contributed by atoms with Gasteiger partial charge in [0.1, 0.15) is 6.04 Å². The average Bonchev–Trinajstić information content (AvgIpc) is 2.56. The number of nitrogens with one attached hydrogen (secondary N) is 1. The number of hydrogen-bond acceptors (Lipinski definition) is 3. The lowest BCUT2D eigenvalue weighted by Crippen LogP contribution is -2.51. The lowest BCUT2D eigenvalue weighted by molar-refractivity contribution is -0.139. The van der Waals surface area contributed by atoms with Crippen LogP contribution < -0.4 is 5.32 Å². The molecule has 2 N–H and O–H groups in total. The van der Waals surface area contributed by atoms with Crippen molar-refractivity contribution >= 4 is 70.1 Å². The maximum absolute atomic E-state index is 12.5. The van der Waals surface area contributed by atoms with Crippen molar-refractivity contribution in [3.63, 3.8) is 0 Å². The molecule has 28 heavy (non-hydrogen) atoms. The van der Waals surface area contributed by atoms with Gasteiger partial charge in [0, 0.05) is 16.5 Å². The van der Waals surface area contributed by atoms with E-state index in [9.17, 15) is 14.7 Å². The van der Waals surface area contributed by atoms with Crippen molar-refractivity contribution in [1.29, 1.82) is 0 Å². The van der Waals surface area contributed by atoms with Gasteiger partial charge < -0.3 is 15.2 Å². The number of benzene rings is 1. The van der Waals surface area contributed by atoms with Gasteiger partial charge in [-0.2, -0.15) is 0 Å². The van der Waals surface area contributed by atoms with Crippen molar-refractivity contribution in [2.75, 3.05) is 0 Å². The Morgan fingerprint density at radius 3 is 2.00 bits per heavy atom. The van der Waals surface area contributed by atoms with Crippen LogP contribution in [0.15, 0.2) is 18.2 Å². The molecule has 0 saturated carbocycles. The van der Waals surface area contributed by atoms with Gasteiger partial charge in [0.15, 0.2) is 5.60 Å². The second kappa shape index (κ2) is 11.0. The number of ether oxygens (including phenoxy) is 1. The Morgan fingerprint density at radius 2 is 1.61 bits per heavy atom. The first-order valence-corrected chi connectivity index (χ1v) is 10.6. The molecule has 1 atom stereocenters. The first-order valence-electron chi connectivity index (χ1n) is 8.69. The predicted molar refractivity (Wildman–Crippen MR) is 114 cm³/mol. The molecule has 0 aliphatic heterocycles. The zero-order valence-corrected chi connectivity index (χ0v) is 19.2. The van der Waals surface area contributed by atoms with E-state index in [4.69, 9.17) is 62.7 Å². The third-order valence-electron chi connectivity index (χ3n) is 4.17. The maximum atomic E-state index is 12.5. The van der Waals surface area contributed by atoms with Gasteiger partial charge in [0.05, 0.1) is 0 Å². The molecule has 0 spiro atoms. The summed E-state index contributed by atoms with van der Waals surface area (Å²) in [6, 6.07) is 3.46. The van der Waals surface area contributed by atoms with Gasteiger partial charge in [-0.05, 0) is 30.5 Å². The summed E-state index contributed by atoms with van der Waals surface area (Å²) in [5.41, 5.74) is -0.982. The summed E-state index contributed by atoms with van der Waals surface area (Å²) < 4.78 is 3.61. The molecule has 1 rings (SSSR count). The highest BCUT2D eigenvalue weighted by molar-refractivity contribution is 6.68. The van der Waals surface area contributed by atoms with Crippen molar-refractivity contribution in [3.05, 3.63) is 33.8 Å². The van der Waals surface area contributed by atoms with E-state index in [1.807, 2.05) is 13.8 Å². The summed E-state index contributed by atoms with van der Waals surface area (Å²) in [6.45, 7) is 3.73. The molecule has 1 amide bonds. The number of rotatable bonds is 9. The zero-order chi connectivity index (χ0) is 21.5. The van der Waals surface area contributed by atoms with Crippen LogP contribution in [0.5, 0.6) is 0 Å². The summed E-state index contributed by atoms with van der Waals surface area (Å²) in [7, 11) is 0. The largest absolute Gasteiger partial charge is 0.480 e. The van der Waals surface area contributed by atoms with Gasteiger partial charge in [-0.15, -0.1) is 0 Å². The molecule has 0 radical (unpaired) electrons. The molecule has 5 nitrogen and oxygen atoms in total. The van der Waals surface area contributed by atoms with Crippen molar-refractivity contribution in [1.82, 2.24) is 5.32 Å². The van der Waals surface area contributed by atoms with E-state index in [0.29, 0.717) is 41.3 Å². The average molecular weight is 494 g/mol. The topological polar surface area (TPSA) is 75.6 Å². The number of halogens is 5. The van der Waals surface area contributed by atoms with E-state index in [-0.39, 0.29) is 6.42 Å². The first-order chi connectivity index (χ1) is 13.0. The van der Waals surface area contributed by atoms with Gasteiger partial charge in [0.2, 0.25) is 3.79 Å². The SMILES string of the molecule is CCCC(CCC)(OC(=O)N[C@@H](Cc1c(Cl)cccc1Cl)C(=O)O)C(Cl)(Cl)Cl. The molecule has 158 valence electrons. The third-order valence-corrected chi connectivity index (χ3v) is 5.91. The molecule has 1 aromatic rings. The second-order valence-electron chi connectivity index (χ2n) is 6.32. The quantitative estimate of drug-likeness (QED) is 0.389. The van der Waals surface area contributed by atoms with Crippen molar-refractivity contribution in [3.8, 4) is 0 Å². The fourth-order valence-corrected chi connectivity index (χ4v) is 4.09. The predicted octanol–water partition coefficient (Wildman–Crippen LogP) is 6.42. The van der Waals surface area contributed by atoms with Crippen LogP contribution in [0.1, 0.15) is 45.1 Å². The molecule has 0 heterocycles. The van der Waals surface area contributed by atoms with Gasteiger partial charge in [0.25, 0.3) is 0 Å². The standard InChI is InChI=1S/C18H22Cl5NO4/c1-3-8-17(9-4-2,18(21,22)23)28-16(27)24-14(15(25)26)10-11-12(19)6-5-7-13(11)20/h5-7,14H,3-4,8-10H2,1-2H3,(H,24,27)(H,25,26)/t14-/m0/s1. The molecule has 1 aromatic carbocycles. The number of carboxylic acids is 1. The van der Waals surface area contributed by atoms with Gasteiger partial charge in [-0.25, -0.2) is 9.59 Å². The fourth-order valence-electron chi connectivity index (χ4n) is 2.86. The monoisotopic (exact) mass is 491 g/mol. The Labute approximate surface area is 189 Å². The van der Waals surface area contributed by atoms with Crippen LogP contribution in [-0.2, 0) is 16.0 Å². The number of alkyl halides is 3. The van der Waals surface area contributed by atoms with Crippen LogP contribution >= 0.6 is 58.0 Å². The molecule has 0 saturated heterocycles. The molecule has 10 heteroatoms. The molecule has 0 aliphatic carbocycles. The van der Waals surface area contributed by atoms with Crippen LogP contribution in [0.2, 0.25) is 10.0 Å². The Kier molecular flexibility index (Phi) is 9.98. The number of carbonyl (C=O) groups excluding carboxylic acids is 1. The molecule has 0 aromatic heterocycles. The lowest BCUT2D eigenvalue weighted by atomic mass is 9.94. The van der Waals surface area contributed by atoms with Crippen LogP contribution in [0.25, 0.3) is 0 Å². The lowest BCUT2D eigenvalue weighted by Gasteiger charge is -2.39.